The maximum Gasteiger partial charge on any atom is 0.163 e. The van der Waals surface area contributed by atoms with Gasteiger partial charge in [-0.15, -0.1) is 0 Å². The highest BCUT2D eigenvalue weighted by Gasteiger charge is 2.09. The molecule has 0 saturated carbocycles. The van der Waals surface area contributed by atoms with E-state index in [0.29, 0.717) is 15.1 Å². The molecular formula is C14H13NOSi. The van der Waals surface area contributed by atoms with Crippen molar-refractivity contribution in [3.05, 3.63) is 36.4 Å². The smallest absolute Gasteiger partial charge is 0.163 e. The van der Waals surface area contributed by atoms with Gasteiger partial charge in [0.1, 0.15) is 5.52 Å². The van der Waals surface area contributed by atoms with Crippen molar-refractivity contribution in [2.24, 2.45) is 0 Å². The fourth-order valence-corrected chi connectivity index (χ4v) is 2.77. The van der Waals surface area contributed by atoms with E-state index in [2.05, 4.69) is 43.1 Å². The third-order valence-corrected chi connectivity index (χ3v) is 3.71. The van der Waals surface area contributed by atoms with Crippen molar-refractivity contribution in [2.45, 2.75) is 19.4 Å². The minimum Gasteiger partial charge on any atom is -0.446 e. The van der Waals surface area contributed by atoms with Gasteiger partial charge in [0.15, 0.2) is 20.6 Å². The van der Waals surface area contributed by atoms with Gasteiger partial charge < -0.3 is 4.42 Å². The first-order chi connectivity index (χ1) is 8.22. The Labute approximate surface area is 102 Å². The van der Waals surface area contributed by atoms with E-state index in [-0.39, 0.29) is 0 Å². The van der Waals surface area contributed by atoms with E-state index in [4.69, 9.17) is 4.42 Å². The molecule has 0 bridgehead atoms. The van der Waals surface area contributed by atoms with E-state index in [9.17, 15) is 0 Å². The third kappa shape index (κ3) is 1.98. The van der Waals surface area contributed by atoms with Crippen LogP contribution in [0.4, 0.5) is 0 Å². The molecule has 2 radical (unpaired) electrons. The van der Waals surface area contributed by atoms with E-state index >= 15 is 0 Å². The SMILES string of the molecule is CC(C)[Si]c1nc2cc3ccccc3cc2o1. The average Bonchev–Trinajstić information content (AvgIpc) is 2.65. The van der Waals surface area contributed by atoms with Crippen LogP contribution in [0.2, 0.25) is 5.54 Å². The van der Waals surface area contributed by atoms with Crippen LogP contribution in [0.15, 0.2) is 40.8 Å². The number of benzene rings is 2. The molecule has 2 nitrogen and oxygen atoms in total. The molecule has 3 aromatic rings. The third-order valence-electron chi connectivity index (χ3n) is 2.67. The lowest BCUT2D eigenvalue weighted by Gasteiger charge is -1.95. The van der Waals surface area contributed by atoms with Crippen LogP contribution < -0.4 is 5.51 Å². The molecule has 1 aromatic heterocycles. The zero-order valence-corrected chi connectivity index (χ0v) is 10.9. The number of oxazole rings is 1. The highest BCUT2D eigenvalue weighted by Crippen LogP contribution is 2.21. The maximum atomic E-state index is 5.79. The van der Waals surface area contributed by atoms with Crippen LogP contribution >= 0.6 is 0 Å². The number of hydrogen-bond donors (Lipinski definition) is 0. The predicted octanol–water partition coefficient (Wildman–Crippen LogP) is 3.14. The molecule has 3 rings (SSSR count). The van der Waals surface area contributed by atoms with Crippen molar-refractivity contribution in [3.8, 4) is 0 Å². The molecular weight excluding hydrogens is 226 g/mol. The molecule has 17 heavy (non-hydrogen) atoms. The lowest BCUT2D eigenvalue weighted by molar-refractivity contribution is 0.641. The van der Waals surface area contributed by atoms with Gasteiger partial charge in [-0.05, 0) is 28.4 Å². The molecule has 0 unspecified atom stereocenters. The number of hydrogen-bond acceptors (Lipinski definition) is 2. The topological polar surface area (TPSA) is 26.0 Å². The largest absolute Gasteiger partial charge is 0.446 e. The summed E-state index contributed by atoms with van der Waals surface area (Å²) in [6.45, 7) is 4.37. The van der Waals surface area contributed by atoms with Crippen LogP contribution in [0.3, 0.4) is 0 Å². The van der Waals surface area contributed by atoms with Crippen molar-refractivity contribution in [1.82, 2.24) is 4.98 Å². The van der Waals surface area contributed by atoms with Gasteiger partial charge in [-0.2, -0.15) is 0 Å². The second-order valence-electron chi connectivity index (χ2n) is 4.49. The first-order valence-electron chi connectivity index (χ1n) is 5.78. The summed E-state index contributed by atoms with van der Waals surface area (Å²) in [5.41, 5.74) is 3.32. The van der Waals surface area contributed by atoms with Crippen LogP contribution in [-0.4, -0.2) is 14.5 Å². The first-order valence-corrected chi connectivity index (χ1v) is 6.86. The predicted molar refractivity (Wildman–Crippen MR) is 72.0 cm³/mol. The summed E-state index contributed by atoms with van der Waals surface area (Å²) in [7, 11) is 0.641. The van der Waals surface area contributed by atoms with E-state index in [0.717, 1.165) is 16.6 Å². The quantitative estimate of drug-likeness (QED) is 0.642. The fourth-order valence-electron chi connectivity index (χ4n) is 1.92. The lowest BCUT2D eigenvalue weighted by Crippen LogP contribution is -2.16. The molecule has 0 atom stereocenters. The Kier molecular flexibility index (Phi) is 2.48. The zero-order valence-electron chi connectivity index (χ0n) is 9.90. The monoisotopic (exact) mass is 239 g/mol. The van der Waals surface area contributed by atoms with Gasteiger partial charge in [-0.3, -0.25) is 0 Å². The first kappa shape index (κ1) is 10.5. The van der Waals surface area contributed by atoms with Gasteiger partial charge in [0, 0.05) is 0 Å². The lowest BCUT2D eigenvalue weighted by atomic mass is 10.1. The summed E-state index contributed by atoms with van der Waals surface area (Å²) in [6.07, 6.45) is 0. The molecule has 0 spiro atoms. The Morgan fingerprint density at radius 1 is 1.12 bits per heavy atom. The van der Waals surface area contributed by atoms with E-state index in [1.54, 1.807) is 0 Å². The van der Waals surface area contributed by atoms with Crippen LogP contribution in [0.1, 0.15) is 13.8 Å². The van der Waals surface area contributed by atoms with E-state index in [1.165, 1.54) is 10.8 Å². The Morgan fingerprint density at radius 3 is 2.53 bits per heavy atom. The molecule has 1 heterocycles. The summed E-state index contributed by atoms with van der Waals surface area (Å²) >= 11 is 0. The number of nitrogens with zero attached hydrogens (tertiary/aromatic N) is 1. The van der Waals surface area contributed by atoms with E-state index < -0.39 is 0 Å². The van der Waals surface area contributed by atoms with Crippen molar-refractivity contribution in [2.75, 3.05) is 0 Å². The second kappa shape index (κ2) is 4.00. The summed E-state index contributed by atoms with van der Waals surface area (Å²) < 4.78 is 5.79. The molecule has 0 amide bonds. The van der Waals surface area contributed by atoms with Crippen LogP contribution in [0.5, 0.6) is 0 Å². The molecule has 0 aliphatic rings. The van der Waals surface area contributed by atoms with Crippen molar-refractivity contribution >= 4 is 36.9 Å². The maximum absolute atomic E-state index is 5.79. The number of rotatable bonds is 2. The Hall–Kier alpha value is -1.61. The Bertz CT molecular complexity index is 620. The molecule has 0 fully saturated rings. The summed E-state index contributed by atoms with van der Waals surface area (Å²) in [5, 5.41) is 2.42. The highest BCUT2D eigenvalue weighted by molar-refractivity contribution is 6.52. The molecule has 0 saturated heterocycles. The Balaban J connectivity index is 2.18. The van der Waals surface area contributed by atoms with Gasteiger partial charge in [-0.25, -0.2) is 4.98 Å². The molecule has 0 N–H and O–H groups in total. The second-order valence-corrected chi connectivity index (χ2v) is 6.36. The number of fused-ring (bicyclic) bond motifs is 2. The van der Waals surface area contributed by atoms with Gasteiger partial charge in [0.2, 0.25) is 0 Å². The average molecular weight is 239 g/mol. The number of aromatic nitrogens is 1. The minimum atomic E-state index is 0.595. The highest BCUT2D eigenvalue weighted by atomic mass is 28.2. The van der Waals surface area contributed by atoms with Crippen molar-refractivity contribution in [3.63, 3.8) is 0 Å². The van der Waals surface area contributed by atoms with Crippen molar-refractivity contribution in [1.29, 1.82) is 0 Å². The van der Waals surface area contributed by atoms with Gasteiger partial charge in [-0.1, -0.05) is 38.1 Å². The fraction of sp³-hybridized carbons (Fsp3) is 0.214. The zero-order chi connectivity index (χ0) is 11.8. The van der Waals surface area contributed by atoms with E-state index in [1.807, 2.05) is 12.1 Å². The summed E-state index contributed by atoms with van der Waals surface area (Å²) in [4.78, 5) is 4.55. The molecule has 0 aliphatic heterocycles. The van der Waals surface area contributed by atoms with Crippen LogP contribution in [0, 0.1) is 0 Å². The van der Waals surface area contributed by atoms with Gasteiger partial charge >= 0.3 is 0 Å². The van der Waals surface area contributed by atoms with Crippen molar-refractivity contribution < 1.29 is 4.42 Å². The molecule has 3 heteroatoms. The normalized spacial score (nSPS) is 11.7. The Morgan fingerprint density at radius 2 is 1.82 bits per heavy atom. The standard InChI is InChI=1S/C14H13NOSi/c1-9(2)17-14-15-12-7-10-5-3-4-6-11(10)8-13(12)16-14/h3-9H,1-2H3. The van der Waals surface area contributed by atoms with Gasteiger partial charge in [0.25, 0.3) is 0 Å². The molecule has 84 valence electrons. The minimum absolute atomic E-state index is 0.595. The van der Waals surface area contributed by atoms with Crippen LogP contribution in [0.25, 0.3) is 21.9 Å². The summed E-state index contributed by atoms with van der Waals surface area (Å²) in [6, 6.07) is 12.5. The van der Waals surface area contributed by atoms with Crippen LogP contribution in [-0.2, 0) is 0 Å². The molecule has 2 aromatic carbocycles. The van der Waals surface area contributed by atoms with Gasteiger partial charge in [0.05, 0.1) is 0 Å². The summed E-state index contributed by atoms with van der Waals surface area (Å²) in [5.74, 6) is 0. The molecule has 0 aliphatic carbocycles.